The van der Waals surface area contributed by atoms with Crippen LogP contribution in [-0.2, 0) is 11.3 Å². The molecular formula is C14H15N3O3S. The highest BCUT2D eigenvalue weighted by atomic mass is 32.1. The number of carbonyl (C=O) groups excluding carboxylic acids is 1. The molecule has 1 aromatic carbocycles. The molecule has 6 nitrogen and oxygen atoms in total. The first-order valence-corrected chi connectivity index (χ1v) is 7.17. The first-order chi connectivity index (χ1) is 9.95. The van der Waals surface area contributed by atoms with Gasteiger partial charge < -0.3 is 10.6 Å². The van der Waals surface area contributed by atoms with Gasteiger partial charge in [-0.1, -0.05) is 11.3 Å². The van der Waals surface area contributed by atoms with E-state index < -0.39 is 0 Å². The second kappa shape index (κ2) is 6.36. The number of nitro groups is 1. The predicted molar refractivity (Wildman–Crippen MR) is 83.8 cm³/mol. The number of hydrogen-bond acceptors (Lipinski definition) is 5. The zero-order valence-corrected chi connectivity index (χ0v) is 12.5. The Bertz CT molecular complexity index is 682. The Morgan fingerprint density at radius 3 is 2.71 bits per heavy atom. The molecule has 0 bridgehead atoms. The Morgan fingerprint density at radius 1 is 1.38 bits per heavy atom. The van der Waals surface area contributed by atoms with Crippen molar-refractivity contribution in [3.05, 3.63) is 50.9 Å². The van der Waals surface area contributed by atoms with Gasteiger partial charge in [0.1, 0.15) is 0 Å². The van der Waals surface area contributed by atoms with Crippen molar-refractivity contribution in [1.29, 1.82) is 0 Å². The summed E-state index contributed by atoms with van der Waals surface area (Å²) in [6.07, 6.45) is 0. The summed E-state index contributed by atoms with van der Waals surface area (Å²) in [5.41, 5.74) is 3.50. The number of rotatable bonds is 5. The van der Waals surface area contributed by atoms with E-state index in [9.17, 15) is 14.9 Å². The first-order valence-electron chi connectivity index (χ1n) is 6.29. The van der Waals surface area contributed by atoms with Crippen molar-refractivity contribution >= 4 is 33.6 Å². The van der Waals surface area contributed by atoms with E-state index in [4.69, 9.17) is 0 Å². The van der Waals surface area contributed by atoms with Crippen LogP contribution in [0.25, 0.3) is 0 Å². The minimum absolute atomic E-state index is 0.107. The molecular weight excluding hydrogens is 290 g/mol. The molecule has 0 spiro atoms. The Balaban J connectivity index is 2.01. The van der Waals surface area contributed by atoms with Gasteiger partial charge in [-0.15, -0.1) is 0 Å². The van der Waals surface area contributed by atoms with Crippen LogP contribution in [0.2, 0.25) is 0 Å². The quantitative estimate of drug-likeness (QED) is 0.653. The molecule has 0 saturated heterocycles. The van der Waals surface area contributed by atoms with E-state index in [1.807, 2.05) is 25.1 Å². The van der Waals surface area contributed by atoms with Crippen LogP contribution < -0.4 is 10.6 Å². The van der Waals surface area contributed by atoms with Gasteiger partial charge in [0, 0.05) is 36.3 Å². The highest BCUT2D eigenvalue weighted by Gasteiger charge is 2.09. The van der Waals surface area contributed by atoms with Crippen LogP contribution >= 0.6 is 11.3 Å². The minimum Gasteiger partial charge on any atom is -0.381 e. The second-order valence-electron chi connectivity index (χ2n) is 4.61. The van der Waals surface area contributed by atoms with E-state index in [0.29, 0.717) is 6.54 Å². The Labute approximate surface area is 126 Å². The fraction of sp³-hybridized carbons (Fsp3) is 0.214. The summed E-state index contributed by atoms with van der Waals surface area (Å²) in [7, 11) is 0. The van der Waals surface area contributed by atoms with Crippen LogP contribution in [0, 0.1) is 17.0 Å². The fourth-order valence-electron chi connectivity index (χ4n) is 1.86. The number of nitrogens with zero attached hydrogens (tertiary/aromatic N) is 1. The number of nitrogens with one attached hydrogen (secondary N) is 2. The van der Waals surface area contributed by atoms with E-state index in [-0.39, 0.29) is 15.8 Å². The van der Waals surface area contributed by atoms with Crippen molar-refractivity contribution in [3.8, 4) is 0 Å². The molecule has 1 amide bonds. The van der Waals surface area contributed by atoms with E-state index in [2.05, 4.69) is 10.6 Å². The molecule has 21 heavy (non-hydrogen) atoms. The molecule has 1 aromatic heterocycles. The number of aryl methyl sites for hydroxylation is 1. The molecule has 1 heterocycles. The molecule has 2 rings (SSSR count). The monoisotopic (exact) mass is 305 g/mol. The molecule has 2 N–H and O–H groups in total. The normalized spacial score (nSPS) is 10.2. The Hall–Kier alpha value is -2.41. The Kier molecular flexibility index (Phi) is 4.54. The molecule has 110 valence electrons. The maximum absolute atomic E-state index is 11.0. The molecule has 0 saturated carbocycles. The lowest BCUT2D eigenvalue weighted by molar-refractivity contribution is -0.380. The summed E-state index contributed by atoms with van der Waals surface area (Å²) in [6.45, 7) is 3.89. The first kappa shape index (κ1) is 15.0. The van der Waals surface area contributed by atoms with Gasteiger partial charge in [0.05, 0.1) is 4.92 Å². The van der Waals surface area contributed by atoms with E-state index in [1.54, 1.807) is 11.4 Å². The number of hydrogen-bond donors (Lipinski definition) is 2. The average Bonchev–Trinajstić information content (AvgIpc) is 2.88. The lowest BCUT2D eigenvalue weighted by atomic mass is 10.1. The number of carbonyl (C=O) groups is 1. The smallest absolute Gasteiger partial charge is 0.324 e. The largest absolute Gasteiger partial charge is 0.381 e. The average molecular weight is 305 g/mol. The number of amides is 1. The van der Waals surface area contributed by atoms with Crippen molar-refractivity contribution in [1.82, 2.24) is 0 Å². The van der Waals surface area contributed by atoms with Crippen LogP contribution in [0.3, 0.4) is 0 Å². The summed E-state index contributed by atoms with van der Waals surface area (Å²) in [4.78, 5) is 21.3. The standard InChI is InChI=1S/C14H15N3O3S/c1-9-5-12(3-4-13(9)16-10(2)18)15-7-11-6-14(17(19)20)21-8-11/h3-6,8,15H,7H2,1-2H3,(H,16,18). The van der Waals surface area contributed by atoms with E-state index in [1.165, 1.54) is 6.92 Å². The van der Waals surface area contributed by atoms with E-state index in [0.717, 1.165) is 33.8 Å². The molecule has 0 radical (unpaired) electrons. The number of benzene rings is 1. The summed E-state index contributed by atoms with van der Waals surface area (Å²) in [6, 6.07) is 7.18. The van der Waals surface area contributed by atoms with Gasteiger partial charge in [-0.25, -0.2) is 0 Å². The molecule has 0 atom stereocenters. The van der Waals surface area contributed by atoms with Crippen LogP contribution in [-0.4, -0.2) is 10.8 Å². The zero-order chi connectivity index (χ0) is 15.4. The zero-order valence-electron chi connectivity index (χ0n) is 11.7. The van der Waals surface area contributed by atoms with Crippen molar-refractivity contribution in [2.24, 2.45) is 0 Å². The van der Waals surface area contributed by atoms with Crippen LogP contribution in [0.4, 0.5) is 16.4 Å². The SMILES string of the molecule is CC(=O)Nc1ccc(NCc2csc([N+](=O)[O-])c2)cc1C. The summed E-state index contributed by atoms with van der Waals surface area (Å²) >= 11 is 1.12. The van der Waals surface area contributed by atoms with Crippen LogP contribution in [0.15, 0.2) is 29.6 Å². The summed E-state index contributed by atoms with van der Waals surface area (Å²) in [5.74, 6) is -0.107. The summed E-state index contributed by atoms with van der Waals surface area (Å²) < 4.78 is 0. The van der Waals surface area contributed by atoms with Gasteiger partial charge in [0.15, 0.2) is 0 Å². The molecule has 2 aromatic rings. The predicted octanol–water partition coefficient (Wildman–Crippen LogP) is 3.54. The van der Waals surface area contributed by atoms with Crippen molar-refractivity contribution in [2.75, 3.05) is 10.6 Å². The highest BCUT2D eigenvalue weighted by Crippen LogP contribution is 2.24. The van der Waals surface area contributed by atoms with Gasteiger partial charge in [-0.05, 0) is 36.2 Å². The lowest BCUT2D eigenvalue weighted by Crippen LogP contribution is -2.07. The minimum atomic E-state index is -0.388. The molecule has 0 unspecified atom stereocenters. The molecule has 0 fully saturated rings. The maximum Gasteiger partial charge on any atom is 0.324 e. The van der Waals surface area contributed by atoms with Crippen LogP contribution in [0.1, 0.15) is 18.1 Å². The number of thiophene rings is 1. The topological polar surface area (TPSA) is 84.3 Å². The van der Waals surface area contributed by atoms with Crippen molar-refractivity contribution in [2.45, 2.75) is 20.4 Å². The fourth-order valence-corrected chi connectivity index (χ4v) is 2.59. The maximum atomic E-state index is 11.0. The van der Waals surface area contributed by atoms with Gasteiger partial charge in [0.25, 0.3) is 0 Å². The third-order valence-electron chi connectivity index (χ3n) is 2.85. The van der Waals surface area contributed by atoms with Gasteiger partial charge in [0.2, 0.25) is 5.91 Å². The molecule has 0 aliphatic rings. The highest BCUT2D eigenvalue weighted by molar-refractivity contribution is 7.13. The molecule has 7 heteroatoms. The number of anilines is 2. The van der Waals surface area contributed by atoms with Gasteiger partial charge >= 0.3 is 5.00 Å². The van der Waals surface area contributed by atoms with E-state index >= 15 is 0 Å². The van der Waals surface area contributed by atoms with Gasteiger partial charge in [-0.2, -0.15) is 0 Å². The van der Waals surface area contributed by atoms with Crippen molar-refractivity contribution < 1.29 is 9.72 Å². The summed E-state index contributed by atoms with van der Waals surface area (Å²) in [5, 5.41) is 18.5. The van der Waals surface area contributed by atoms with Crippen LogP contribution in [0.5, 0.6) is 0 Å². The second-order valence-corrected chi connectivity index (χ2v) is 5.50. The van der Waals surface area contributed by atoms with Gasteiger partial charge in [-0.3, -0.25) is 14.9 Å². The molecule has 0 aliphatic heterocycles. The third-order valence-corrected chi connectivity index (χ3v) is 3.78. The lowest BCUT2D eigenvalue weighted by Gasteiger charge is -2.10. The molecule has 0 aliphatic carbocycles. The van der Waals surface area contributed by atoms with Crippen molar-refractivity contribution in [3.63, 3.8) is 0 Å². The Morgan fingerprint density at radius 2 is 2.14 bits per heavy atom. The third kappa shape index (κ3) is 4.03.